The second kappa shape index (κ2) is 23.4. The van der Waals surface area contributed by atoms with E-state index in [2.05, 4.69) is 82.0 Å². The maximum absolute atomic E-state index is 12.9. The number of nitrogens with two attached hydrogens (primary N) is 1. The normalized spacial score (nSPS) is 17.1. The van der Waals surface area contributed by atoms with E-state index < -0.39 is 29.6 Å². The number of anilines is 1. The van der Waals surface area contributed by atoms with Gasteiger partial charge in [-0.05, 0) is 69.1 Å². The van der Waals surface area contributed by atoms with Crippen molar-refractivity contribution in [1.29, 1.82) is 0 Å². The van der Waals surface area contributed by atoms with Crippen LogP contribution in [0.4, 0.5) is 5.82 Å². The van der Waals surface area contributed by atoms with Gasteiger partial charge < -0.3 is 36.4 Å². The summed E-state index contributed by atoms with van der Waals surface area (Å²) in [5, 5.41) is 37.1. The van der Waals surface area contributed by atoms with E-state index in [1.165, 1.54) is 10.8 Å². The molecule has 6 heterocycles. The van der Waals surface area contributed by atoms with Gasteiger partial charge in [-0.2, -0.15) is 0 Å². The number of likely N-dealkylation sites (tertiary alicyclic amines) is 1. The molecular weight excluding hydrogens is 915 g/mol. The Morgan fingerprint density at radius 2 is 1.74 bits per heavy atom. The van der Waals surface area contributed by atoms with Crippen LogP contribution < -0.4 is 32.9 Å². The van der Waals surface area contributed by atoms with Crippen LogP contribution in [0.1, 0.15) is 67.1 Å². The number of aliphatic hydroxyl groups excluding tert-OH is 1. The highest BCUT2D eigenvalue weighted by Crippen LogP contribution is 2.36. The van der Waals surface area contributed by atoms with Crippen molar-refractivity contribution >= 4 is 40.6 Å². The molecule has 364 valence electrons. The Morgan fingerprint density at radius 1 is 0.971 bits per heavy atom. The van der Waals surface area contributed by atoms with Crippen molar-refractivity contribution in [2.24, 2.45) is 11.7 Å². The minimum absolute atomic E-state index is 0.00237. The number of carbonyl (C=O) groups excluding carboxylic acids is 2. The Kier molecular flexibility index (Phi) is 16.5. The molecule has 3 atom stereocenters. The number of thioether (sulfide) groups is 1. The number of fused-ring (bicyclic) bond motifs is 1. The van der Waals surface area contributed by atoms with Gasteiger partial charge in [0, 0.05) is 78.6 Å². The predicted molar refractivity (Wildman–Crippen MR) is 262 cm³/mol. The van der Waals surface area contributed by atoms with Crippen molar-refractivity contribution in [3.8, 4) is 34.9 Å². The monoisotopic (exact) mass is 969 g/mol. The number of aryl methyl sites for hydroxylation is 1. The molecule has 2 aliphatic rings. The third-order valence-corrected chi connectivity index (χ3v) is 13.0. The maximum atomic E-state index is 12.9. The minimum atomic E-state index is -0.704. The van der Waals surface area contributed by atoms with Gasteiger partial charge in [-0.25, -0.2) is 24.1 Å². The van der Waals surface area contributed by atoms with Crippen LogP contribution in [-0.4, -0.2) is 136 Å². The molecule has 22 heteroatoms. The lowest BCUT2D eigenvalue weighted by Crippen LogP contribution is -2.43. The van der Waals surface area contributed by atoms with Crippen LogP contribution in [-0.2, 0) is 20.9 Å². The van der Waals surface area contributed by atoms with Crippen molar-refractivity contribution in [3.63, 3.8) is 0 Å². The molecule has 6 aromatic rings. The largest absolute Gasteiger partial charge is 0.394 e. The first kappa shape index (κ1) is 49.2. The molecule has 0 aliphatic carbocycles. The number of hydrogen-bond donors (Lipinski definition) is 6. The summed E-state index contributed by atoms with van der Waals surface area (Å²) in [5.74, 6) is 12.8. The van der Waals surface area contributed by atoms with E-state index in [4.69, 9.17) is 15.5 Å². The zero-order chi connectivity index (χ0) is 49.0. The molecule has 7 N–H and O–H groups in total. The molecule has 21 nitrogen and oxygen atoms in total. The molecule has 2 aliphatic heterocycles. The smallest absolute Gasteiger partial charge is 0.330 e. The molecule has 0 unspecified atom stereocenters. The van der Waals surface area contributed by atoms with Crippen molar-refractivity contribution < 1.29 is 19.4 Å². The van der Waals surface area contributed by atoms with Crippen LogP contribution in [0.5, 0.6) is 0 Å². The number of aliphatic hydroxyl groups is 1. The average Bonchev–Trinajstić information content (AvgIpc) is 4.15. The molecule has 2 aromatic carbocycles. The summed E-state index contributed by atoms with van der Waals surface area (Å²) >= 11 is 1.59. The highest BCUT2D eigenvalue weighted by molar-refractivity contribution is 7.99. The number of amides is 2. The number of ether oxygens (including phenoxy) is 1. The van der Waals surface area contributed by atoms with E-state index in [0.29, 0.717) is 78.1 Å². The SMILES string of the molecule is CCCSc1nc(NCCN)c2nnn(Cc3ccc(C#CCNC(=O)C4CCN(CCNC(=O)C#Cc5ccc(-c6cn([C@@H]7C[C@H](n8cc(C)c(=O)[nH]c8=O)O[C@@H]7CO)nn6)cc5)CC4)cc3)c2n1. The van der Waals surface area contributed by atoms with Crippen LogP contribution >= 0.6 is 11.8 Å². The predicted octanol–water partition coefficient (Wildman–Crippen LogP) is 1.43. The number of rotatable bonds is 17. The average molecular weight is 970 g/mol. The van der Waals surface area contributed by atoms with Gasteiger partial charge in [-0.15, -0.1) is 10.2 Å². The van der Waals surface area contributed by atoms with E-state index >= 15 is 0 Å². The van der Waals surface area contributed by atoms with Crippen LogP contribution in [0.15, 0.2) is 75.7 Å². The Balaban J connectivity index is 0.730. The molecular formula is C48H55N15O6S. The molecule has 70 heavy (non-hydrogen) atoms. The molecule has 4 aromatic heterocycles. The summed E-state index contributed by atoms with van der Waals surface area (Å²) in [6.45, 7) is 7.75. The third kappa shape index (κ3) is 12.3. The summed E-state index contributed by atoms with van der Waals surface area (Å²) in [5.41, 5.74) is 10.1. The van der Waals surface area contributed by atoms with Gasteiger partial charge in [0.25, 0.3) is 11.5 Å². The Hall–Kier alpha value is -7.21. The number of aromatic nitrogens is 10. The van der Waals surface area contributed by atoms with Crippen LogP contribution in [0.2, 0.25) is 0 Å². The van der Waals surface area contributed by atoms with Gasteiger partial charge in [0.1, 0.15) is 18.0 Å². The number of nitrogens with one attached hydrogen (secondary N) is 4. The molecule has 8 rings (SSSR count). The summed E-state index contributed by atoms with van der Waals surface area (Å²) in [6, 6.07) is 14.7. The van der Waals surface area contributed by atoms with Gasteiger partial charge in [0.2, 0.25) is 5.91 Å². The fourth-order valence-corrected chi connectivity index (χ4v) is 8.84. The van der Waals surface area contributed by atoms with E-state index in [1.54, 1.807) is 46.4 Å². The van der Waals surface area contributed by atoms with E-state index in [0.717, 1.165) is 54.8 Å². The third-order valence-electron chi connectivity index (χ3n) is 11.9. The van der Waals surface area contributed by atoms with Gasteiger partial charge in [-0.3, -0.25) is 23.9 Å². The lowest BCUT2D eigenvalue weighted by atomic mass is 9.96. The van der Waals surface area contributed by atoms with Crippen LogP contribution in [0, 0.1) is 36.5 Å². The first-order valence-corrected chi connectivity index (χ1v) is 24.2. The summed E-state index contributed by atoms with van der Waals surface area (Å²) in [4.78, 5) is 63.7. The zero-order valence-electron chi connectivity index (χ0n) is 38.9. The summed E-state index contributed by atoms with van der Waals surface area (Å²) in [7, 11) is 0. The lowest BCUT2D eigenvalue weighted by Gasteiger charge is -2.31. The zero-order valence-corrected chi connectivity index (χ0v) is 39.7. The topological polar surface area (TPSA) is 271 Å². The van der Waals surface area contributed by atoms with E-state index in [-0.39, 0.29) is 30.9 Å². The first-order chi connectivity index (χ1) is 34.1. The number of hydrogen-bond acceptors (Lipinski definition) is 16. The Labute approximate surface area is 407 Å². The molecule has 2 fully saturated rings. The highest BCUT2D eigenvalue weighted by Gasteiger charge is 2.38. The van der Waals surface area contributed by atoms with Crippen molar-refractivity contribution in [1.82, 2.24) is 65.0 Å². The fraction of sp³-hybridized carbons (Fsp3) is 0.417. The van der Waals surface area contributed by atoms with Gasteiger partial charge in [-0.1, -0.05) is 71.1 Å². The minimum Gasteiger partial charge on any atom is -0.394 e. The maximum Gasteiger partial charge on any atom is 0.330 e. The molecule has 2 saturated heterocycles. The van der Waals surface area contributed by atoms with E-state index in [1.807, 2.05) is 36.4 Å². The molecule has 0 spiro atoms. The summed E-state index contributed by atoms with van der Waals surface area (Å²) < 4.78 is 10.7. The summed E-state index contributed by atoms with van der Waals surface area (Å²) in [6.07, 6.45) is 4.61. The number of benzene rings is 2. The standard InChI is InChI=1S/C48H55N15O6S/c1-3-25-70-47-53-43(51-20-18-49)42-44(54-47)63(59-57-42)28-34-8-6-32(7-9-34)5-4-19-52-46(67)36-16-22-60(23-17-36)24-21-50-40(65)15-12-33-10-13-35(14-11-33)37-29-62(58-56-37)38-26-41(69-39(38)30-64)61-27-31(2)45(66)55-48(61)68/h6-11,13-14,27,29,36,38-39,41,64H,3,16-26,28,30,49H2,1-2H3,(H,50,65)(H,52,67)(H,51,53,54)(H,55,66,68)/t38-,39-,41-/m1/s1. The van der Waals surface area contributed by atoms with Crippen molar-refractivity contribution in [2.75, 3.05) is 63.5 Å². The van der Waals surface area contributed by atoms with Crippen LogP contribution in [0.3, 0.4) is 0 Å². The van der Waals surface area contributed by atoms with Crippen LogP contribution in [0.25, 0.3) is 22.4 Å². The number of H-pyrrole nitrogens is 1. The molecule has 2 amide bonds. The van der Waals surface area contributed by atoms with E-state index in [9.17, 15) is 24.3 Å². The van der Waals surface area contributed by atoms with Crippen molar-refractivity contribution in [2.45, 2.75) is 69.6 Å². The molecule has 0 saturated carbocycles. The highest BCUT2D eigenvalue weighted by atomic mass is 32.2. The second-order valence-electron chi connectivity index (χ2n) is 16.9. The fourth-order valence-electron chi connectivity index (χ4n) is 8.15. The lowest BCUT2D eigenvalue weighted by molar-refractivity contribution is -0.126. The second-order valence-corrected chi connectivity index (χ2v) is 18.0. The van der Waals surface area contributed by atoms with Gasteiger partial charge >= 0.3 is 5.69 Å². The molecule has 0 bridgehead atoms. The molecule has 0 radical (unpaired) electrons. The number of carbonyl (C=O) groups is 2. The Morgan fingerprint density at radius 3 is 2.50 bits per heavy atom. The van der Waals surface area contributed by atoms with Gasteiger partial charge in [0.15, 0.2) is 22.1 Å². The first-order valence-electron chi connectivity index (χ1n) is 23.2. The Bertz CT molecular complexity index is 3030. The van der Waals surface area contributed by atoms with Gasteiger partial charge in [0.05, 0.1) is 31.9 Å². The van der Waals surface area contributed by atoms with Crippen molar-refractivity contribution in [3.05, 3.63) is 104 Å². The quantitative estimate of drug-likeness (QED) is 0.0429. The number of nitrogens with zero attached hydrogens (tertiary/aromatic N) is 10. The number of aromatic amines is 1. The number of piperidine rings is 1.